The molecule has 90 valence electrons. The molecule has 0 unspecified atom stereocenters. The predicted molar refractivity (Wildman–Crippen MR) is 64.4 cm³/mol. The van der Waals surface area contributed by atoms with Crippen molar-refractivity contribution in [2.24, 2.45) is 5.92 Å². The van der Waals surface area contributed by atoms with Crippen molar-refractivity contribution in [2.75, 3.05) is 13.1 Å². The van der Waals surface area contributed by atoms with Gasteiger partial charge in [-0.15, -0.1) is 0 Å². The second-order valence-corrected chi connectivity index (χ2v) is 4.74. The van der Waals surface area contributed by atoms with E-state index < -0.39 is 0 Å². The molecule has 1 N–H and O–H groups in total. The first-order chi connectivity index (χ1) is 8.31. The third-order valence-electron chi connectivity index (χ3n) is 3.42. The molecular weight excluding hydrogens is 217 g/mol. The summed E-state index contributed by atoms with van der Waals surface area (Å²) in [6, 6.07) is 3.18. The minimum Gasteiger partial charge on any atom is -0.317 e. The lowest BCUT2D eigenvalue weighted by atomic mass is 9.93. The molecule has 4 heteroatoms. The molecule has 0 aromatic carbocycles. The first-order valence-corrected chi connectivity index (χ1v) is 6.15. The van der Waals surface area contributed by atoms with Crippen molar-refractivity contribution < 1.29 is 4.39 Å². The maximum Gasteiger partial charge on any atom is 0.139 e. The van der Waals surface area contributed by atoms with E-state index in [1.54, 1.807) is 10.5 Å². The molecule has 3 nitrogen and oxygen atoms in total. The molecule has 1 aliphatic heterocycles. The smallest absolute Gasteiger partial charge is 0.139 e. The van der Waals surface area contributed by atoms with Crippen LogP contribution in [0.15, 0.2) is 24.5 Å². The minimum atomic E-state index is -0.219. The normalized spacial score (nSPS) is 17.7. The molecule has 0 atom stereocenters. The molecule has 2 aromatic rings. The quantitative estimate of drug-likeness (QED) is 0.859. The molecule has 1 fully saturated rings. The van der Waals surface area contributed by atoms with E-state index in [0.717, 1.165) is 30.9 Å². The van der Waals surface area contributed by atoms with Gasteiger partial charge in [0.25, 0.3) is 0 Å². The zero-order chi connectivity index (χ0) is 11.7. The number of halogens is 1. The van der Waals surface area contributed by atoms with E-state index in [9.17, 15) is 4.39 Å². The molecule has 17 heavy (non-hydrogen) atoms. The van der Waals surface area contributed by atoms with Gasteiger partial charge in [-0.3, -0.25) is 0 Å². The highest BCUT2D eigenvalue weighted by Crippen LogP contribution is 2.18. The highest BCUT2D eigenvalue weighted by molar-refractivity contribution is 5.39. The Bertz CT molecular complexity index is 514. The number of imidazole rings is 1. The number of nitrogens with zero attached hydrogens (tertiary/aromatic N) is 2. The minimum absolute atomic E-state index is 0.219. The summed E-state index contributed by atoms with van der Waals surface area (Å²) in [5, 5.41) is 3.36. The first kappa shape index (κ1) is 10.7. The average molecular weight is 233 g/mol. The van der Waals surface area contributed by atoms with E-state index in [1.165, 1.54) is 25.1 Å². The SMILES string of the molecule is Fc1ccc2nc(CC3CCNCC3)cn2c1. The summed E-state index contributed by atoms with van der Waals surface area (Å²) in [7, 11) is 0. The summed E-state index contributed by atoms with van der Waals surface area (Å²) in [4.78, 5) is 4.52. The Kier molecular flexibility index (Phi) is 2.81. The van der Waals surface area contributed by atoms with Crippen molar-refractivity contribution in [3.05, 3.63) is 36.0 Å². The maximum atomic E-state index is 13.0. The molecule has 3 heterocycles. The van der Waals surface area contributed by atoms with Gasteiger partial charge in [-0.2, -0.15) is 0 Å². The third-order valence-corrected chi connectivity index (χ3v) is 3.42. The first-order valence-electron chi connectivity index (χ1n) is 6.15. The standard InChI is InChI=1S/C13H16FN3/c14-11-1-2-13-16-12(9-17(13)8-11)7-10-3-5-15-6-4-10/h1-2,8-10,15H,3-7H2. The van der Waals surface area contributed by atoms with Crippen LogP contribution >= 0.6 is 0 Å². The van der Waals surface area contributed by atoms with Gasteiger partial charge in [0.05, 0.1) is 5.69 Å². The van der Waals surface area contributed by atoms with Crippen LogP contribution in [0.2, 0.25) is 0 Å². The zero-order valence-electron chi connectivity index (χ0n) is 9.69. The maximum absolute atomic E-state index is 13.0. The number of pyridine rings is 1. The van der Waals surface area contributed by atoms with Crippen LogP contribution in [-0.4, -0.2) is 22.5 Å². The van der Waals surface area contributed by atoms with E-state index in [0.29, 0.717) is 5.92 Å². The van der Waals surface area contributed by atoms with Crippen LogP contribution < -0.4 is 5.32 Å². The third kappa shape index (κ3) is 2.31. The highest BCUT2D eigenvalue weighted by Gasteiger charge is 2.15. The summed E-state index contributed by atoms with van der Waals surface area (Å²) in [5.41, 5.74) is 1.90. The fourth-order valence-corrected chi connectivity index (χ4v) is 2.50. The van der Waals surface area contributed by atoms with Crippen molar-refractivity contribution in [2.45, 2.75) is 19.3 Å². The molecule has 0 bridgehead atoms. The van der Waals surface area contributed by atoms with Gasteiger partial charge in [-0.1, -0.05) is 0 Å². The number of piperidine rings is 1. The van der Waals surface area contributed by atoms with Crippen molar-refractivity contribution in [1.82, 2.24) is 14.7 Å². The number of hydrogen-bond donors (Lipinski definition) is 1. The average Bonchev–Trinajstić information content (AvgIpc) is 2.71. The van der Waals surface area contributed by atoms with Gasteiger partial charge < -0.3 is 9.72 Å². The number of fused-ring (bicyclic) bond motifs is 1. The van der Waals surface area contributed by atoms with Crippen molar-refractivity contribution in [3.63, 3.8) is 0 Å². The van der Waals surface area contributed by atoms with Gasteiger partial charge in [0, 0.05) is 12.4 Å². The summed E-state index contributed by atoms with van der Waals surface area (Å²) < 4.78 is 14.8. The lowest BCUT2D eigenvalue weighted by molar-refractivity contribution is 0.370. The lowest BCUT2D eigenvalue weighted by Crippen LogP contribution is -2.28. The van der Waals surface area contributed by atoms with E-state index in [-0.39, 0.29) is 5.82 Å². The molecule has 1 aliphatic rings. The van der Waals surface area contributed by atoms with Crippen LogP contribution in [0.3, 0.4) is 0 Å². The lowest BCUT2D eigenvalue weighted by Gasteiger charge is -2.21. The van der Waals surface area contributed by atoms with Crippen molar-refractivity contribution in [3.8, 4) is 0 Å². The molecule has 3 rings (SSSR count). The van der Waals surface area contributed by atoms with Crippen molar-refractivity contribution >= 4 is 5.65 Å². The van der Waals surface area contributed by atoms with Crippen molar-refractivity contribution in [1.29, 1.82) is 0 Å². The number of aromatic nitrogens is 2. The fourth-order valence-electron chi connectivity index (χ4n) is 2.50. The second-order valence-electron chi connectivity index (χ2n) is 4.74. The van der Waals surface area contributed by atoms with Crippen LogP contribution in [0.5, 0.6) is 0 Å². The molecule has 0 amide bonds. The van der Waals surface area contributed by atoms with Gasteiger partial charge in [-0.25, -0.2) is 9.37 Å². The van der Waals surface area contributed by atoms with E-state index >= 15 is 0 Å². The Morgan fingerprint density at radius 2 is 2.12 bits per heavy atom. The van der Waals surface area contributed by atoms with Crippen LogP contribution in [-0.2, 0) is 6.42 Å². The molecule has 0 aliphatic carbocycles. The molecule has 0 spiro atoms. The summed E-state index contributed by atoms with van der Waals surface area (Å²) in [6.45, 7) is 2.21. The second kappa shape index (κ2) is 4.45. The molecule has 2 aromatic heterocycles. The Morgan fingerprint density at radius 1 is 1.29 bits per heavy atom. The van der Waals surface area contributed by atoms with Crippen LogP contribution in [0.1, 0.15) is 18.5 Å². The predicted octanol–water partition coefficient (Wildman–Crippen LogP) is 2.02. The van der Waals surface area contributed by atoms with Gasteiger partial charge in [0.15, 0.2) is 0 Å². The molecule has 0 saturated carbocycles. The van der Waals surface area contributed by atoms with E-state index in [4.69, 9.17) is 0 Å². The van der Waals surface area contributed by atoms with E-state index in [1.807, 2.05) is 6.20 Å². The fraction of sp³-hybridized carbons (Fsp3) is 0.462. The summed E-state index contributed by atoms with van der Waals surface area (Å²) >= 11 is 0. The summed E-state index contributed by atoms with van der Waals surface area (Å²) in [6.07, 6.45) is 6.85. The number of nitrogens with one attached hydrogen (secondary N) is 1. The summed E-state index contributed by atoms with van der Waals surface area (Å²) in [5.74, 6) is 0.495. The highest BCUT2D eigenvalue weighted by atomic mass is 19.1. The van der Waals surface area contributed by atoms with Gasteiger partial charge in [0.1, 0.15) is 11.5 Å². The van der Waals surface area contributed by atoms with Crippen LogP contribution in [0, 0.1) is 11.7 Å². The Labute approximate surface area is 99.7 Å². The number of hydrogen-bond acceptors (Lipinski definition) is 2. The monoisotopic (exact) mass is 233 g/mol. The number of rotatable bonds is 2. The van der Waals surface area contributed by atoms with Gasteiger partial charge in [-0.05, 0) is 50.4 Å². The molecule has 0 radical (unpaired) electrons. The van der Waals surface area contributed by atoms with Crippen LogP contribution in [0.25, 0.3) is 5.65 Å². The van der Waals surface area contributed by atoms with Crippen LogP contribution in [0.4, 0.5) is 4.39 Å². The van der Waals surface area contributed by atoms with Gasteiger partial charge >= 0.3 is 0 Å². The Balaban J connectivity index is 1.80. The van der Waals surface area contributed by atoms with Gasteiger partial charge in [0.2, 0.25) is 0 Å². The molecular formula is C13H16FN3. The Morgan fingerprint density at radius 3 is 2.94 bits per heavy atom. The Hall–Kier alpha value is -1.42. The van der Waals surface area contributed by atoms with E-state index in [2.05, 4.69) is 10.3 Å². The largest absolute Gasteiger partial charge is 0.317 e. The topological polar surface area (TPSA) is 29.3 Å². The molecule has 1 saturated heterocycles. The zero-order valence-corrected chi connectivity index (χ0v) is 9.69.